The molecule has 31 heavy (non-hydrogen) atoms. The van der Waals surface area contributed by atoms with E-state index in [0.717, 1.165) is 5.75 Å². The number of rotatable bonds is 7. The SMILES string of the molecule is O=C(COC(=O)c1cccc(-n2cnnn2)c1)Nc1ccc(Oc2ccccc2)cc1. The van der Waals surface area contributed by atoms with Gasteiger partial charge >= 0.3 is 5.97 Å². The Kier molecular flexibility index (Phi) is 5.94. The Bertz CT molecular complexity index is 1160. The fourth-order valence-electron chi connectivity index (χ4n) is 2.70. The molecule has 4 aromatic rings. The first kappa shape index (κ1) is 19.8. The molecule has 0 unspecified atom stereocenters. The summed E-state index contributed by atoms with van der Waals surface area (Å²) < 4.78 is 12.2. The quantitative estimate of drug-likeness (QED) is 0.462. The molecule has 0 saturated heterocycles. The van der Waals surface area contributed by atoms with Crippen molar-refractivity contribution in [1.82, 2.24) is 20.2 Å². The number of tetrazole rings is 1. The molecule has 0 fully saturated rings. The topological polar surface area (TPSA) is 108 Å². The summed E-state index contributed by atoms with van der Waals surface area (Å²) in [6, 6.07) is 22.8. The fourth-order valence-corrected chi connectivity index (χ4v) is 2.70. The van der Waals surface area contributed by atoms with E-state index < -0.39 is 18.5 Å². The fraction of sp³-hybridized carbons (Fsp3) is 0.0455. The minimum atomic E-state index is -0.628. The number of esters is 1. The van der Waals surface area contributed by atoms with Gasteiger partial charge in [0.15, 0.2) is 6.61 Å². The maximum absolute atomic E-state index is 12.3. The lowest BCUT2D eigenvalue weighted by Gasteiger charge is -2.09. The summed E-state index contributed by atoms with van der Waals surface area (Å²) in [6.07, 6.45) is 1.41. The smallest absolute Gasteiger partial charge is 0.338 e. The van der Waals surface area contributed by atoms with Crippen molar-refractivity contribution in [3.63, 3.8) is 0 Å². The first-order chi connectivity index (χ1) is 15.2. The summed E-state index contributed by atoms with van der Waals surface area (Å²) in [5, 5.41) is 13.5. The number of aromatic nitrogens is 4. The van der Waals surface area contributed by atoms with Gasteiger partial charge < -0.3 is 14.8 Å². The summed E-state index contributed by atoms with van der Waals surface area (Å²) in [7, 11) is 0. The van der Waals surface area contributed by atoms with Crippen LogP contribution in [0.25, 0.3) is 5.69 Å². The minimum absolute atomic E-state index is 0.281. The molecule has 0 aliphatic heterocycles. The highest BCUT2D eigenvalue weighted by Crippen LogP contribution is 2.22. The molecule has 9 heteroatoms. The highest BCUT2D eigenvalue weighted by molar-refractivity contribution is 5.95. The molecule has 1 aromatic heterocycles. The number of para-hydroxylation sites is 1. The lowest BCUT2D eigenvalue weighted by molar-refractivity contribution is -0.119. The van der Waals surface area contributed by atoms with Gasteiger partial charge in [-0.1, -0.05) is 24.3 Å². The zero-order valence-electron chi connectivity index (χ0n) is 16.2. The molecule has 3 aromatic carbocycles. The third-order valence-electron chi connectivity index (χ3n) is 4.15. The van der Waals surface area contributed by atoms with E-state index in [1.807, 2.05) is 30.3 Å². The van der Waals surface area contributed by atoms with Gasteiger partial charge in [-0.05, 0) is 65.0 Å². The van der Waals surface area contributed by atoms with Crippen LogP contribution in [0.4, 0.5) is 5.69 Å². The monoisotopic (exact) mass is 415 g/mol. The second-order valence-corrected chi connectivity index (χ2v) is 6.37. The summed E-state index contributed by atoms with van der Waals surface area (Å²) in [6.45, 7) is -0.420. The van der Waals surface area contributed by atoms with Crippen LogP contribution < -0.4 is 10.1 Å². The first-order valence-electron chi connectivity index (χ1n) is 9.31. The second-order valence-electron chi connectivity index (χ2n) is 6.37. The molecule has 0 aliphatic carbocycles. The largest absolute Gasteiger partial charge is 0.457 e. The lowest BCUT2D eigenvalue weighted by Crippen LogP contribution is -2.21. The number of amides is 1. The highest BCUT2D eigenvalue weighted by Gasteiger charge is 2.12. The van der Waals surface area contributed by atoms with Crippen molar-refractivity contribution in [1.29, 1.82) is 0 Å². The van der Waals surface area contributed by atoms with Crippen molar-refractivity contribution in [3.05, 3.63) is 90.8 Å². The van der Waals surface area contributed by atoms with Crippen LogP contribution >= 0.6 is 0 Å². The number of nitrogens with one attached hydrogen (secondary N) is 1. The Morgan fingerprint density at radius 2 is 1.68 bits per heavy atom. The van der Waals surface area contributed by atoms with Crippen molar-refractivity contribution in [2.24, 2.45) is 0 Å². The van der Waals surface area contributed by atoms with Gasteiger partial charge in [0.05, 0.1) is 11.3 Å². The Labute approximate surface area is 177 Å². The van der Waals surface area contributed by atoms with Gasteiger partial charge in [-0.2, -0.15) is 0 Å². The van der Waals surface area contributed by atoms with Crippen molar-refractivity contribution >= 4 is 17.6 Å². The van der Waals surface area contributed by atoms with E-state index >= 15 is 0 Å². The number of ether oxygens (including phenoxy) is 2. The standard InChI is InChI=1S/C22H17N5O4/c28-21(24-17-9-11-20(12-10-17)31-19-7-2-1-3-8-19)14-30-22(29)16-5-4-6-18(13-16)27-15-23-25-26-27/h1-13,15H,14H2,(H,24,28). The highest BCUT2D eigenvalue weighted by atomic mass is 16.5. The molecular weight excluding hydrogens is 398 g/mol. The Morgan fingerprint density at radius 1 is 0.903 bits per heavy atom. The Hall–Kier alpha value is -4.53. The predicted octanol–water partition coefficient (Wildman–Crippen LogP) is 3.25. The van der Waals surface area contributed by atoms with Crippen molar-refractivity contribution in [3.8, 4) is 17.2 Å². The molecule has 0 atom stereocenters. The van der Waals surface area contributed by atoms with Crippen LogP contribution in [0.5, 0.6) is 11.5 Å². The van der Waals surface area contributed by atoms with Crippen LogP contribution in [-0.2, 0) is 9.53 Å². The van der Waals surface area contributed by atoms with E-state index in [4.69, 9.17) is 9.47 Å². The number of carbonyl (C=O) groups is 2. The van der Waals surface area contributed by atoms with E-state index in [9.17, 15) is 9.59 Å². The van der Waals surface area contributed by atoms with E-state index in [0.29, 0.717) is 17.1 Å². The third-order valence-corrected chi connectivity index (χ3v) is 4.15. The van der Waals surface area contributed by atoms with E-state index in [-0.39, 0.29) is 5.56 Å². The summed E-state index contributed by atoms with van der Waals surface area (Å²) in [5.41, 5.74) is 1.44. The number of carbonyl (C=O) groups excluding carboxylic acids is 2. The molecular formula is C22H17N5O4. The van der Waals surface area contributed by atoms with Gasteiger partial charge in [-0.3, -0.25) is 4.79 Å². The lowest BCUT2D eigenvalue weighted by atomic mass is 10.2. The number of hydrogen-bond donors (Lipinski definition) is 1. The van der Waals surface area contributed by atoms with Gasteiger partial charge in [0.25, 0.3) is 5.91 Å². The normalized spacial score (nSPS) is 10.3. The molecule has 1 heterocycles. The van der Waals surface area contributed by atoms with Crippen LogP contribution in [0.2, 0.25) is 0 Å². The zero-order chi connectivity index (χ0) is 21.5. The molecule has 9 nitrogen and oxygen atoms in total. The third kappa shape index (κ3) is 5.30. The molecule has 0 saturated carbocycles. The van der Waals surface area contributed by atoms with Crippen molar-refractivity contribution < 1.29 is 19.1 Å². The first-order valence-corrected chi connectivity index (χ1v) is 9.31. The Balaban J connectivity index is 1.29. The molecule has 1 N–H and O–H groups in total. The number of anilines is 1. The predicted molar refractivity (Wildman–Crippen MR) is 111 cm³/mol. The summed E-state index contributed by atoms with van der Waals surface area (Å²) in [5.74, 6) is 0.270. The average molecular weight is 415 g/mol. The van der Waals surface area contributed by atoms with E-state index in [1.54, 1.807) is 48.5 Å². The average Bonchev–Trinajstić information content (AvgIpc) is 3.35. The van der Waals surface area contributed by atoms with Crippen LogP contribution in [0.15, 0.2) is 85.2 Å². The molecule has 0 bridgehead atoms. The number of hydrogen-bond acceptors (Lipinski definition) is 7. The molecule has 154 valence electrons. The molecule has 0 radical (unpaired) electrons. The Morgan fingerprint density at radius 3 is 2.42 bits per heavy atom. The number of nitrogens with zero attached hydrogens (tertiary/aromatic N) is 4. The van der Waals surface area contributed by atoms with Gasteiger partial charge in [0.2, 0.25) is 0 Å². The molecule has 4 rings (SSSR count). The van der Waals surface area contributed by atoms with E-state index in [2.05, 4.69) is 20.8 Å². The van der Waals surface area contributed by atoms with E-state index in [1.165, 1.54) is 11.0 Å². The summed E-state index contributed by atoms with van der Waals surface area (Å²) >= 11 is 0. The second kappa shape index (κ2) is 9.31. The van der Waals surface area contributed by atoms with Crippen molar-refractivity contribution in [2.45, 2.75) is 0 Å². The van der Waals surface area contributed by atoms with Gasteiger partial charge in [-0.15, -0.1) is 5.10 Å². The van der Waals surface area contributed by atoms with Gasteiger partial charge in [-0.25, -0.2) is 9.48 Å². The van der Waals surface area contributed by atoms with Crippen LogP contribution in [0.3, 0.4) is 0 Å². The maximum Gasteiger partial charge on any atom is 0.338 e. The van der Waals surface area contributed by atoms with Crippen molar-refractivity contribution in [2.75, 3.05) is 11.9 Å². The molecule has 0 spiro atoms. The van der Waals surface area contributed by atoms with Gasteiger partial charge in [0.1, 0.15) is 17.8 Å². The van der Waals surface area contributed by atoms with Crippen LogP contribution in [0, 0.1) is 0 Å². The van der Waals surface area contributed by atoms with Crippen LogP contribution in [-0.4, -0.2) is 38.7 Å². The number of benzene rings is 3. The summed E-state index contributed by atoms with van der Waals surface area (Å²) in [4.78, 5) is 24.4. The maximum atomic E-state index is 12.3. The molecule has 0 aliphatic rings. The van der Waals surface area contributed by atoms with Gasteiger partial charge in [0, 0.05) is 5.69 Å². The zero-order valence-corrected chi connectivity index (χ0v) is 16.2. The minimum Gasteiger partial charge on any atom is -0.457 e. The molecule has 1 amide bonds. The van der Waals surface area contributed by atoms with Crippen LogP contribution in [0.1, 0.15) is 10.4 Å².